The summed E-state index contributed by atoms with van der Waals surface area (Å²) < 4.78 is 0. The first kappa shape index (κ1) is 42.0. The molecule has 0 bridgehead atoms. The molecule has 0 radical (unpaired) electrons. The van der Waals surface area contributed by atoms with Crippen molar-refractivity contribution < 1.29 is 9.90 Å². The smallest absolute Gasteiger partial charge is 0.218 e. The lowest BCUT2D eigenvalue weighted by atomic mass is 10.1. The number of nitrogens with zero attached hydrogens (tertiary/aromatic N) is 4. The lowest BCUT2D eigenvalue weighted by molar-refractivity contribution is -0.305. The molecule has 0 atom stereocenters. The highest BCUT2D eigenvalue weighted by molar-refractivity contribution is 6.31. The Morgan fingerprint density at radius 3 is 1.33 bits per heavy atom. The number of aliphatic imine (C=N–C) groups is 4. The van der Waals surface area contributed by atoms with Crippen LogP contribution in [0.15, 0.2) is 68.5 Å². The van der Waals surface area contributed by atoms with E-state index in [-0.39, 0.29) is 30.3 Å². The van der Waals surface area contributed by atoms with Crippen LogP contribution in [-0.4, -0.2) is 42.9 Å². The van der Waals surface area contributed by atoms with Crippen molar-refractivity contribution >= 4 is 64.4 Å². The van der Waals surface area contributed by atoms with Crippen LogP contribution in [0.25, 0.3) is 0 Å². The van der Waals surface area contributed by atoms with E-state index in [9.17, 15) is 9.90 Å². The van der Waals surface area contributed by atoms with Crippen LogP contribution in [0, 0.1) is 0 Å². The molecule has 0 aliphatic rings. The molecule has 0 aliphatic heterocycles. The second kappa shape index (κ2) is 27.0. The van der Waals surface area contributed by atoms with Gasteiger partial charge in [0.05, 0.1) is 0 Å². The van der Waals surface area contributed by atoms with E-state index in [4.69, 9.17) is 46.1 Å². The van der Waals surface area contributed by atoms with Gasteiger partial charge in [0.25, 0.3) is 0 Å². The van der Waals surface area contributed by atoms with Crippen LogP contribution in [-0.2, 0) is 4.79 Å². The zero-order valence-electron chi connectivity index (χ0n) is 28.1. The third kappa shape index (κ3) is 24.2. The summed E-state index contributed by atoms with van der Waals surface area (Å²) in [5, 5.41) is 17.2. The van der Waals surface area contributed by atoms with E-state index in [1.165, 1.54) is 44.9 Å². The van der Waals surface area contributed by atoms with E-state index in [2.05, 4.69) is 37.5 Å². The van der Waals surface area contributed by atoms with Crippen molar-refractivity contribution in [3.63, 3.8) is 0 Å². The zero-order chi connectivity index (χ0) is 35.4. The lowest BCUT2D eigenvalue weighted by Crippen LogP contribution is -2.26. The summed E-state index contributed by atoms with van der Waals surface area (Å²) >= 11 is 11.7. The van der Waals surface area contributed by atoms with Gasteiger partial charge in [-0.2, -0.15) is 9.98 Å². The van der Waals surface area contributed by atoms with Crippen LogP contribution in [0.5, 0.6) is 0 Å². The molecule has 0 amide bonds. The number of carboxylic acids is 1. The van der Waals surface area contributed by atoms with Crippen LogP contribution in [0.3, 0.4) is 0 Å². The second-order valence-electron chi connectivity index (χ2n) is 11.1. The minimum absolute atomic E-state index is 0.124. The molecular formula is C34H53Cl2N10O2-. The Bertz CT molecular complexity index is 1200. The number of carbonyl (C=O) groups is 1. The molecule has 14 heteroatoms. The van der Waals surface area contributed by atoms with Gasteiger partial charge in [-0.25, -0.2) is 0 Å². The van der Waals surface area contributed by atoms with Gasteiger partial charge in [-0.1, -0.05) is 94.3 Å². The highest BCUT2D eigenvalue weighted by atomic mass is 35.5. The number of aliphatic carboxylic acids is 1. The molecule has 0 spiro atoms. The number of anilines is 2. The molecule has 0 aliphatic carbocycles. The quantitative estimate of drug-likeness (QED) is 0.0578. The molecule has 0 heterocycles. The number of carboxylic acid groups (broad SMARTS) is 1. The van der Waals surface area contributed by atoms with E-state index in [1.54, 1.807) is 48.5 Å². The van der Waals surface area contributed by atoms with Crippen molar-refractivity contribution in [2.45, 2.75) is 96.8 Å². The van der Waals surface area contributed by atoms with Crippen molar-refractivity contribution in [1.29, 1.82) is 0 Å². The van der Waals surface area contributed by atoms with Crippen molar-refractivity contribution in [1.82, 2.24) is 0 Å². The maximum absolute atomic E-state index is 10.1. The minimum Gasteiger partial charge on any atom is -0.550 e. The third-order valence-electron chi connectivity index (χ3n) is 6.80. The molecule has 266 valence electrons. The predicted octanol–water partition coefficient (Wildman–Crippen LogP) is 5.99. The standard InChI is InChI=1S/C22H30Cl2N10.C12H24O2/c23-15-5-9-17(10-6-15)31-21(27)33-19(25)29-13-3-1-2-4-14-30-20(26)34-22(28)32-18-11-7-16(24)8-12-18;1-2-3-4-5-6-7-8-9-10-11-12(13)14/h5-12H,1-4,13-14H2,(H5,25,27,29,31,33)(H5,26,28,30,32,34);2-11H2,1H3,(H,13,14)/p-1. The van der Waals surface area contributed by atoms with Crippen LogP contribution in [0.1, 0.15) is 96.8 Å². The largest absolute Gasteiger partial charge is 0.550 e. The van der Waals surface area contributed by atoms with Gasteiger partial charge in [0, 0.05) is 40.5 Å². The first-order chi connectivity index (χ1) is 23.1. The van der Waals surface area contributed by atoms with E-state index in [1.807, 2.05) is 0 Å². The number of hydrogen-bond donors (Lipinski definition) is 6. The first-order valence-electron chi connectivity index (χ1n) is 16.6. The fraction of sp³-hybridized carbons (Fsp3) is 0.500. The van der Waals surface area contributed by atoms with Gasteiger partial charge in [0.2, 0.25) is 23.8 Å². The summed E-state index contributed by atoms with van der Waals surface area (Å²) in [5.74, 6) is -0.345. The van der Waals surface area contributed by atoms with Crippen LogP contribution < -0.4 is 38.7 Å². The van der Waals surface area contributed by atoms with E-state index in [0.717, 1.165) is 49.9 Å². The number of benzene rings is 2. The number of nitrogens with two attached hydrogens (primary N) is 4. The molecule has 0 fully saturated rings. The summed E-state index contributed by atoms with van der Waals surface area (Å²) in [5.41, 5.74) is 24.8. The number of nitrogens with one attached hydrogen (secondary N) is 2. The van der Waals surface area contributed by atoms with Gasteiger partial charge < -0.3 is 43.5 Å². The van der Waals surface area contributed by atoms with Gasteiger partial charge >= 0.3 is 0 Å². The summed E-state index contributed by atoms with van der Waals surface area (Å²) in [7, 11) is 0. The van der Waals surface area contributed by atoms with Crippen molar-refractivity contribution in [2.24, 2.45) is 42.9 Å². The zero-order valence-corrected chi connectivity index (χ0v) is 29.6. The summed E-state index contributed by atoms with van der Waals surface area (Å²) in [6.45, 7) is 3.35. The first-order valence-corrected chi connectivity index (χ1v) is 17.4. The Balaban J connectivity index is 0.000000692. The molecule has 0 unspecified atom stereocenters. The monoisotopic (exact) mass is 703 g/mol. The number of hydrogen-bond acceptors (Lipinski definition) is 4. The fourth-order valence-corrected chi connectivity index (χ4v) is 4.53. The normalized spacial score (nSPS) is 12.3. The Labute approximate surface area is 295 Å². The van der Waals surface area contributed by atoms with Crippen molar-refractivity contribution in [3.8, 4) is 0 Å². The molecule has 10 N–H and O–H groups in total. The molecule has 12 nitrogen and oxygen atoms in total. The maximum atomic E-state index is 10.1. The molecule has 48 heavy (non-hydrogen) atoms. The highest BCUT2D eigenvalue weighted by Crippen LogP contribution is 2.14. The summed E-state index contributed by atoms with van der Waals surface area (Å²) in [6.07, 6.45) is 14.8. The Morgan fingerprint density at radius 2 is 0.958 bits per heavy atom. The molecule has 0 aromatic heterocycles. The highest BCUT2D eigenvalue weighted by Gasteiger charge is 1.99. The van der Waals surface area contributed by atoms with E-state index in [0.29, 0.717) is 23.1 Å². The molecule has 2 rings (SSSR count). The maximum Gasteiger partial charge on any atom is 0.218 e. The van der Waals surface area contributed by atoms with Crippen LogP contribution in [0.4, 0.5) is 11.4 Å². The molecule has 2 aromatic rings. The Kier molecular flexibility index (Phi) is 23.6. The minimum atomic E-state index is -0.909. The SMILES string of the molecule is CCCCCCCCCCCC(=O)[O-].NC(=NCCCCCCN=C(N)N=C(N)Nc1ccc(Cl)cc1)N=C(N)Nc1ccc(Cl)cc1. The number of carbonyl (C=O) groups excluding carboxylic acids is 1. The van der Waals surface area contributed by atoms with E-state index < -0.39 is 5.97 Å². The number of halogens is 2. The van der Waals surface area contributed by atoms with Gasteiger partial charge in [0.1, 0.15) is 0 Å². The molecule has 0 saturated heterocycles. The topological polar surface area (TPSA) is 218 Å². The number of rotatable bonds is 19. The van der Waals surface area contributed by atoms with Gasteiger partial charge in [-0.05, 0) is 74.2 Å². The molecule has 0 saturated carbocycles. The van der Waals surface area contributed by atoms with Gasteiger partial charge in [0.15, 0.2) is 0 Å². The fourth-order valence-electron chi connectivity index (χ4n) is 4.28. The predicted molar refractivity (Wildman–Crippen MR) is 202 cm³/mol. The summed E-state index contributed by atoms with van der Waals surface area (Å²) in [4.78, 5) is 26.6. The Hall–Kier alpha value is -4.03. The second-order valence-corrected chi connectivity index (χ2v) is 12.0. The van der Waals surface area contributed by atoms with Crippen LogP contribution in [0.2, 0.25) is 10.0 Å². The summed E-state index contributed by atoms with van der Waals surface area (Å²) in [6, 6.07) is 14.1. The average molecular weight is 705 g/mol. The van der Waals surface area contributed by atoms with Gasteiger partial charge in [-0.3, -0.25) is 9.98 Å². The molecule has 2 aromatic carbocycles. The van der Waals surface area contributed by atoms with E-state index >= 15 is 0 Å². The number of unbranched alkanes of at least 4 members (excludes halogenated alkanes) is 11. The van der Waals surface area contributed by atoms with Gasteiger partial charge in [-0.15, -0.1) is 0 Å². The average Bonchev–Trinajstić information content (AvgIpc) is 3.04. The molecular weight excluding hydrogens is 651 g/mol. The third-order valence-corrected chi connectivity index (χ3v) is 7.31. The number of guanidine groups is 4. The Morgan fingerprint density at radius 1 is 0.604 bits per heavy atom. The lowest BCUT2D eigenvalue weighted by Gasteiger charge is -2.05. The van der Waals surface area contributed by atoms with Crippen LogP contribution >= 0.6 is 23.2 Å². The van der Waals surface area contributed by atoms with Crippen molar-refractivity contribution in [2.75, 3.05) is 23.7 Å². The van der Waals surface area contributed by atoms with Crippen molar-refractivity contribution in [3.05, 3.63) is 58.6 Å².